The van der Waals surface area contributed by atoms with Gasteiger partial charge in [-0.15, -0.1) is 0 Å². The third kappa shape index (κ3) is 2.95. The van der Waals surface area contributed by atoms with Crippen LogP contribution in [-0.2, 0) is 4.74 Å². The maximum Gasteiger partial charge on any atom is 0.0713 e. The zero-order chi connectivity index (χ0) is 9.19. The van der Waals surface area contributed by atoms with Crippen molar-refractivity contribution in [3.63, 3.8) is 0 Å². The van der Waals surface area contributed by atoms with E-state index in [1.165, 1.54) is 11.1 Å². The molecule has 0 aromatic rings. The second kappa shape index (κ2) is 3.58. The van der Waals surface area contributed by atoms with Gasteiger partial charge in [0.1, 0.15) is 0 Å². The van der Waals surface area contributed by atoms with Gasteiger partial charge in [0.2, 0.25) is 0 Å². The standard InChI is InChI=1S/C10H18OSi/c1-9-7-11-6-5-10(9)8-12(2,3)4/h8H,1,5-7H2,2-4H3/b10-8+. The Balaban J connectivity index is 2.72. The lowest BCUT2D eigenvalue weighted by atomic mass is 10.1. The zero-order valence-electron chi connectivity index (χ0n) is 8.31. The van der Waals surface area contributed by atoms with Crippen LogP contribution in [-0.4, -0.2) is 21.3 Å². The molecule has 0 aromatic heterocycles. The van der Waals surface area contributed by atoms with Crippen molar-refractivity contribution >= 4 is 8.07 Å². The van der Waals surface area contributed by atoms with E-state index >= 15 is 0 Å². The minimum atomic E-state index is -1.06. The van der Waals surface area contributed by atoms with Gasteiger partial charge in [0.25, 0.3) is 0 Å². The zero-order valence-corrected chi connectivity index (χ0v) is 9.31. The van der Waals surface area contributed by atoms with Crippen molar-refractivity contribution in [1.82, 2.24) is 0 Å². The van der Waals surface area contributed by atoms with E-state index in [1.54, 1.807) is 0 Å². The molecule has 12 heavy (non-hydrogen) atoms. The predicted molar refractivity (Wildman–Crippen MR) is 56.0 cm³/mol. The molecule has 1 nitrogen and oxygen atoms in total. The van der Waals surface area contributed by atoms with Gasteiger partial charge < -0.3 is 4.74 Å². The van der Waals surface area contributed by atoms with Crippen LogP contribution in [0.4, 0.5) is 0 Å². The molecule has 0 spiro atoms. The third-order valence-electron chi connectivity index (χ3n) is 1.85. The van der Waals surface area contributed by atoms with E-state index in [9.17, 15) is 0 Å². The molecule has 0 aromatic carbocycles. The lowest BCUT2D eigenvalue weighted by molar-refractivity contribution is 0.146. The van der Waals surface area contributed by atoms with Gasteiger partial charge in [0.15, 0.2) is 0 Å². The molecule has 1 saturated heterocycles. The molecule has 0 unspecified atom stereocenters. The molecule has 0 saturated carbocycles. The number of ether oxygens (including phenoxy) is 1. The van der Waals surface area contributed by atoms with Crippen molar-refractivity contribution in [2.24, 2.45) is 0 Å². The molecule has 1 aliphatic heterocycles. The first-order valence-corrected chi connectivity index (χ1v) is 8.04. The van der Waals surface area contributed by atoms with Gasteiger partial charge in [0, 0.05) is 0 Å². The first-order valence-electron chi connectivity index (χ1n) is 4.47. The topological polar surface area (TPSA) is 9.23 Å². The molecule has 1 fully saturated rings. The van der Waals surface area contributed by atoms with E-state index < -0.39 is 8.07 Å². The molecule has 0 bridgehead atoms. The second-order valence-corrected chi connectivity index (χ2v) is 9.46. The molecule has 1 heterocycles. The van der Waals surface area contributed by atoms with Crippen LogP contribution in [0.25, 0.3) is 0 Å². The summed E-state index contributed by atoms with van der Waals surface area (Å²) in [7, 11) is -1.06. The van der Waals surface area contributed by atoms with Crippen molar-refractivity contribution in [3.05, 3.63) is 23.4 Å². The van der Waals surface area contributed by atoms with Gasteiger partial charge in [-0.05, 0) is 17.6 Å². The smallest absolute Gasteiger partial charge is 0.0713 e. The minimum absolute atomic E-state index is 0.732. The largest absolute Gasteiger partial charge is 0.376 e. The summed E-state index contributed by atoms with van der Waals surface area (Å²) in [5.74, 6) is 0. The second-order valence-electron chi connectivity index (χ2n) is 4.44. The summed E-state index contributed by atoms with van der Waals surface area (Å²) in [6.07, 6.45) is 1.06. The fourth-order valence-electron chi connectivity index (χ4n) is 1.34. The molecule has 68 valence electrons. The van der Waals surface area contributed by atoms with E-state index in [4.69, 9.17) is 4.74 Å². The molecule has 0 radical (unpaired) electrons. The van der Waals surface area contributed by atoms with E-state index in [0.29, 0.717) is 0 Å². The Morgan fingerprint density at radius 3 is 2.58 bits per heavy atom. The summed E-state index contributed by atoms with van der Waals surface area (Å²) >= 11 is 0. The number of rotatable bonds is 1. The summed E-state index contributed by atoms with van der Waals surface area (Å²) in [4.78, 5) is 0. The van der Waals surface area contributed by atoms with E-state index in [1.807, 2.05) is 0 Å². The molecular formula is C10H18OSi. The monoisotopic (exact) mass is 182 g/mol. The normalized spacial score (nSPS) is 23.2. The molecule has 0 aliphatic carbocycles. The van der Waals surface area contributed by atoms with Gasteiger partial charge >= 0.3 is 0 Å². The van der Waals surface area contributed by atoms with Crippen LogP contribution in [0, 0.1) is 0 Å². The highest BCUT2D eigenvalue weighted by molar-refractivity contribution is 6.81. The van der Waals surface area contributed by atoms with E-state index in [2.05, 4.69) is 31.9 Å². The van der Waals surface area contributed by atoms with E-state index in [-0.39, 0.29) is 0 Å². The Hall–Kier alpha value is -0.343. The van der Waals surface area contributed by atoms with Crippen LogP contribution in [0.15, 0.2) is 23.4 Å². The summed E-state index contributed by atoms with van der Waals surface area (Å²) in [6, 6.07) is 0. The Bertz CT molecular complexity index is 210. The summed E-state index contributed by atoms with van der Waals surface area (Å²) in [6.45, 7) is 12.7. The maximum absolute atomic E-state index is 5.30. The molecular weight excluding hydrogens is 164 g/mol. The highest BCUT2D eigenvalue weighted by atomic mass is 28.3. The molecule has 1 rings (SSSR count). The quantitative estimate of drug-likeness (QED) is 0.567. The van der Waals surface area contributed by atoms with Crippen molar-refractivity contribution in [3.8, 4) is 0 Å². The van der Waals surface area contributed by atoms with Gasteiger partial charge in [0.05, 0.1) is 21.3 Å². The Morgan fingerprint density at radius 1 is 1.42 bits per heavy atom. The van der Waals surface area contributed by atoms with Crippen LogP contribution < -0.4 is 0 Å². The van der Waals surface area contributed by atoms with Crippen molar-refractivity contribution < 1.29 is 4.74 Å². The first-order chi connectivity index (χ1) is 5.49. The third-order valence-corrected chi connectivity index (χ3v) is 3.07. The molecule has 1 aliphatic rings. The molecule has 2 heteroatoms. The SMILES string of the molecule is C=C1COCC/C1=C\[Si](C)(C)C. The minimum Gasteiger partial charge on any atom is -0.376 e. The van der Waals surface area contributed by atoms with Crippen LogP contribution in [0.5, 0.6) is 0 Å². The molecule has 0 amide bonds. The van der Waals surface area contributed by atoms with Gasteiger partial charge in [-0.25, -0.2) is 0 Å². The summed E-state index contributed by atoms with van der Waals surface area (Å²) in [5.41, 5.74) is 5.07. The fourth-order valence-corrected chi connectivity index (χ4v) is 2.74. The predicted octanol–water partition coefficient (Wildman–Crippen LogP) is 2.77. The summed E-state index contributed by atoms with van der Waals surface area (Å²) < 4.78 is 5.30. The lowest BCUT2D eigenvalue weighted by Crippen LogP contribution is -2.20. The Morgan fingerprint density at radius 2 is 2.08 bits per heavy atom. The van der Waals surface area contributed by atoms with Gasteiger partial charge in [-0.1, -0.05) is 31.9 Å². The first kappa shape index (κ1) is 9.74. The summed E-state index contributed by atoms with van der Waals surface area (Å²) in [5, 5.41) is 0. The average molecular weight is 182 g/mol. The number of hydrogen-bond acceptors (Lipinski definition) is 1. The van der Waals surface area contributed by atoms with Crippen LogP contribution in [0.2, 0.25) is 19.6 Å². The van der Waals surface area contributed by atoms with Crippen molar-refractivity contribution in [2.75, 3.05) is 13.2 Å². The van der Waals surface area contributed by atoms with Gasteiger partial charge in [-0.3, -0.25) is 0 Å². The maximum atomic E-state index is 5.30. The van der Waals surface area contributed by atoms with Crippen molar-refractivity contribution in [2.45, 2.75) is 26.1 Å². The molecule has 0 atom stereocenters. The fraction of sp³-hybridized carbons (Fsp3) is 0.600. The van der Waals surface area contributed by atoms with Crippen LogP contribution in [0.3, 0.4) is 0 Å². The van der Waals surface area contributed by atoms with Crippen LogP contribution >= 0.6 is 0 Å². The van der Waals surface area contributed by atoms with Crippen LogP contribution in [0.1, 0.15) is 6.42 Å². The highest BCUT2D eigenvalue weighted by Crippen LogP contribution is 2.21. The van der Waals surface area contributed by atoms with Gasteiger partial charge in [-0.2, -0.15) is 0 Å². The number of hydrogen-bond donors (Lipinski definition) is 0. The lowest BCUT2D eigenvalue weighted by Gasteiger charge is -2.21. The Kier molecular flexibility index (Phi) is 2.91. The van der Waals surface area contributed by atoms with Crippen molar-refractivity contribution in [1.29, 1.82) is 0 Å². The highest BCUT2D eigenvalue weighted by Gasteiger charge is 2.15. The average Bonchev–Trinajstić information content (AvgIpc) is 1.91. The Labute approximate surface area is 76.1 Å². The van der Waals surface area contributed by atoms with E-state index in [0.717, 1.165) is 19.6 Å². The molecule has 0 N–H and O–H groups in total.